The number of hydrogen-bond acceptors (Lipinski definition) is 4. The minimum Gasteiger partial charge on any atom is -0.462 e. The molecule has 0 aromatic heterocycles. The molecule has 33 heavy (non-hydrogen) atoms. The summed E-state index contributed by atoms with van der Waals surface area (Å²) >= 11 is 0. The van der Waals surface area contributed by atoms with Crippen LogP contribution in [0.4, 0.5) is 0 Å². The van der Waals surface area contributed by atoms with Gasteiger partial charge in [-0.3, -0.25) is 0 Å². The molecule has 4 heteroatoms. The number of carbonyl (C=O) groups excluding carboxylic acids is 2. The van der Waals surface area contributed by atoms with Crippen molar-refractivity contribution in [2.45, 2.75) is 12.8 Å². The van der Waals surface area contributed by atoms with E-state index in [0.717, 1.165) is 24.0 Å². The normalized spacial score (nSPS) is 10.4. The van der Waals surface area contributed by atoms with Gasteiger partial charge < -0.3 is 9.47 Å². The van der Waals surface area contributed by atoms with Crippen LogP contribution in [0, 0.1) is 0 Å². The second-order valence-corrected chi connectivity index (χ2v) is 7.58. The molecule has 0 aliphatic rings. The van der Waals surface area contributed by atoms with Gasteiger partial charge in [-0.2, -0.15) is 0 Å². The number of rotatable bonds is 8. The van der Waals surface area contributed by atoms with Gasteiger partial charge in [0.2, 0.25) is 0 Å². The number of ether oxygens (including phenoxy) is 2. The average molecular weight is 437 g/mol. The van der Waals surface area contributed by atoms with Crippen molar-refractivity contribution >= 4 is 11.9 Å². The molecule has 0 amide bonds. The predicted octanol–water partition coefficient (Wildman–Crippen LogP) is 6.36. The fraction of sp³-hybridized carbons (Fsp3) is 0.103. The topological polar surface area (TPSA) is 52.6 Å². The molecule has 164 valence electrons. The maximum absolute atomic E-state index is 12.5. The molecule has 0 fully saturated rings. The largest absolute Gasteiger partial charge is 0.462 e. The lowest BCUT2D eigenvalue weighted by molar-refractivity contribution is 0.0500. The summed E-state index contributed by atoms with van der Waals surface area (Å²) in [5, 5.41) is 0. The van der Waals surface area contributed by atoms with E-state index in [2.05, 4.69) is 12.1 Å². The second kappa shape index (κ2) is 10.9. The van der Waals surface area contributed by atoms with Crippen LogP contribution in [0.3, 0.4) is 0 Å². The zero-order chi connectivity index (χ0) is 22.9. The van der Waals surface area contributed by atoms with E-state index in [4.69, 9.17) is 9.47 Å². The van der Waals surface area contributed by atoms with Crippen LogP contribution < -0.4 is 4.74 Å². The van der Waals surface area contributed by atoms with Crippen LogP contribution in [-0.4, -0.2) is 18.5 Å². The minimum absolute atomic E-state index is 0.351. The average Bonchev–Trinajstić information content (AvgIpc) is 2.88. The SMILES string of the molecule is O=C(OCCCc1ccccc1)c1ccc(OC(=O)c2ccc(-c3ccccc3)cc2)cc1. The zero-order valence-electron chi connectivity index (χ0n) is 18.1. The van der Waals surface area contributed by atoms with Crippen molar-refractivity contribution in [3.8, 4) is 16.9 Å². The van der Waals surface area contributed by atoms with Crippen molar-refractivity contribution in [2.24, 2.45) is 0 Å². The van der Waals surface area contributed by atoms with Gasteiger partial charge in [0.15, 0.2) is 0 Å². The van der Waals surface area contributed by atoms with Gasteiger partial charge in [0.1, 0.15) is 5.75 Å². The van der Waals surface area contributed by atoms with Crippen molar-refractivity contribution in [3.05, 3.63) is 126 Å². The highest BCUT2D eigenvalue weighted by Crippen LogP contribution is 2.20. The molecule has 0 heterocycles. The fourth-order valence-corrected chi connectivity index (χ4v) is 3.42. The van der Waals surface area contributed by atoms with Crippen LogP contribution in [0.25, 0.3) is 11.1 Å². The van der Waals surface area contributed by atoms with Crippen LogP contribution >= 0.6 is 0 Å². The zero-order valence-corrected chi connectivity index (χ0v) is 18.1. The Morgan fingerprint density at radius 2 is 1.12 bits per heavy atom. The van der Waals surface area contributed by atoms with Crippen LogP contribution in [0.1, 0.15) is 32.7 Å². The van der Waals surface area contributed by atoms with E-state index in [0.29, 0.717) is 23.5 Å². The summed E-state index contributed by atoms with van der Waals surface area (Å²) in [6, 6.07) is 33.7. The molecule has 0 aliphatic carbocycles. The Morgan fingerprint density at radius 3 is 1.79 bits per heavy atom. The maximum Gasteiger partial charge on any atom is 0.343 e. The van der Waals surface area contributed by atoms with E-state index in [9.17, 15) is 9.59 Å². The summed E-state index contributed by atoms with van der Waals surface area (Å²) < 4.78 is 10.8. The van der Waals surface area contributed by atoms with E-state index in [-0.39, 0.29) is 0 Å². The number of aryl methyl sites for hydroxylation is 1. The third-order valence-electron chi connectivity index (χ3n) is 5.21. The summed E-state index contributed by atoms with van der Waals surface area (Å²) in [7, 11) is 0. The summed E-state index contributed by atoms with van der Waals surface area (Å²) in [4.78, 5) is 24.7. The van der Waals surface area contributed by atoms with E-state index in [1.807, 2.05) is 60.7 Å². The van der Waals surface area contributed by atoms with E-state index in [1.165, 1.54) is 5.56 Å². The van der Waals surface area contributed by atoms with Crippen LogP contribution in [0.5, 0.6) is 5.75 Å². The van der Waals surface area contributed by atoms with E-state index < -0.39 is 11.9 Å². The van der Waals surface area contributed by atoms with Crippen LogP contribution in [0.15, 0.2) is 109 Å². The Kier molecular flexibility index (Phi) is 7.29. The molecule has 0 spiro atoms. The van der Waals surface area contributed by atoms with Crippen molar-refractivity contribution in [2.75, 3.05) is 6.61 Å². The first kappa shape index (κ1) is 22.0. The van der Waals surface area contributed by atoms with Gasteiger partial charge in [0.25, 0.3) is 0 Å². The van der Waals surface area contributed by atoms with Crippen LogP contribution in [0.2, 0.25) is 0 Å². The molecular formula is C29H24O4. The Labute approximate surface area is 193 Å². The quantitative estimate of drug-likeness (QED) is 0.183. The van der Waals surface area contributed by atoms with Crippen molar-refractivity contribution in [1.82, 2.24) is 0 Å². The molecule has 0 N–H and O–H groups in total. The molecule has 4 nitrogen and oxygen atoms in total. The third-order valence-corrected chi connectivity index (χ3v) is 5.21. The second-order valence-electron chi connectivity index (χ2n) is 7.58. The third kappa shape index (κ3) is 6.17. The number of carbonyl (C=O) groups is 2. The minimum atomic E-state index is -0.453. The highest BCUT2D eigenvalue weighted by Gasteiger charge is 2.11. The lowest BCUT2D eigenvalue weighted by Crippen LogP contribution is -2.09. The molecule has 4 aromatic rings. The predicted molar refractivity (Wildman–Crippen MR) is 128 cm³/mol. The molecule has 0 atom stereocenters. The van der Waals surface area contributed by atoms with Crippen LogP contribution in [-0.2, 0) is 11.2 Å². The number of hydrogen-bond donors (Lipinski definition) is 0. The molecule has 0 aliphatic heterocycles. The van der Waals surface area contributed by atoms with Gasteiger partial charge in [-0.05, 0) is 65.9 Å². The first-order valence-electron chi connectivity index (χ1n) is 10.9. The molecule has 0 saturated carbocycles. The van der Waals surface area contributed by atoms with Gasteiger partial charge in [0, 0.05) is 0 Å². The first-order valence-corrected chi connectivity index (χ1v) is 10.9. The van der Waals surface area contributed by atoms with E-state index in [1.54, 1.807) is 36.4 Å². The molecule has 0 radical (unpaired) electrons. The Hall–Kier alpha value is -4.18. The maximum atomic E-state index is 12.5. The number of esters is 2. The van der Waals surface area contributed by atoms with Crippen molar-refractivity contribution in [1.29, 1.82) is 0 Å². The summed E-state index contributed by atoms with van der Waals surface area (Å²) in [6.07, 6.45) is 1.61. The van der Waals surface area contributed by atoms with Gasteiger partial charge >= 0.3 is 11.9 Å². The lowest BCUT2D eigenvalue weighted by atomic mass is 10.0. The molecule has 0 unspecified atom stereocenters. The fourth-order valence-electron chi connectivity index (χ4n) is 3.42. The Morgan fingerprint density at radius 1 is 0.576 bits per heavy atom. The van der Waals surface area contributed by atoms with Gasteiger partial charge in [-0.15, -0.1) is 0 Å². The smallest absolute Gasteiger partial charge is 0.343 e. The van der Waals surface area contributed by atoms with Gasteiger partial charge in [0.05, 0.1) is 17.7 Å². The molecular weight excluding hydrogens is 412 g/mol. The molecule has 4 aromatic carbocycles. The summed E-state index contributed by atoms with van der Waals surface area (Å²) in [6.45, 7) is 0.351. The first-order chi connectivity index (χ1) is 16.2. The van der Waals surface area contributed by atoms with Crippen molar-refractivity contribution in [3.63, 3.8) is 0 Å². The lowest BCUT2D eigenvalue weighted by Gasteiger charge is -2.08. The van der Waals surface area contributed by atoms with Gasteiger partial charge in [-0.25, -0.2) is 9.59 Å². The highest BCUT2D eigenvalue weighted by molar-refractivity contribution is 5.92. The van der Waals surface area contributed by atoms with Crippen molar-refractivity contribution < 1.29 is 19.1 Å². The highest BCUT2D eigenvalue weighted by atomic mass is 16.5. The molecule has 4 rings (SSSR count). The standard InChI is InChI=1S/C29H24O4/c30-28(32-21-7-10-22-8-3-1-4-9-22)25-17-19-27(20-18-25)33-29(31)26-15-13-24(14-16-26)23-11-5-2-6-12-23/h1-6,8-9,11-20H,7,10,21H2. The Balaban J connectivity index is 1.27. The summed E-state index contributed by atoms with van der Waals surface area (Å²) in [5.74, 6) is -0.476. The number of benzene rings is 4. The Bertz CT molecular complexity index is 1180. The van der Waals surface area contributed by atoms with Gasteiger partial charge in [-0.1, -0.05) is 72.8 Å². The monoisotopic (exact) mass is 436 g/mol. The molecule has 0 bridgehead atoms. The summed E-state index contributed by atoms with van der Waals surface area (Å²) in [5.41, 5.74) is 4.20. The van der Waals surface area contributed by atoms with E-state index >= 15 is 0 Å². The molecule has 0 saturated heterocycles.